The lowest BCUT2D eigenvalue weighted by Gasteiger charge is -2.25. The maximum absolute atomic E-state index is 12.6. The molecule has 0 saturated heterocycles. The Hall–Kier alpha value is -2.90. The third-order valence-electron chi connectivity index (χ3n) is 7.19. The highest BCUT2D eigenvalue weighted by molar-refractivity contribution is 5.81. The molecule has 2 rings (SSSR count). The SMILES string of the molecule is CC(N)=O.COC(=O)CCC(=O)NC(CCC(CCCC1CCCCC1)NC(=O)CC(C)C)Cc1ccccc1. The maximum atomic E-state index is 12.6. The number of methoxy groups -OCH3 is 1. The molecule has 1 aromatic rings. The molecule has 1 saturated carbocycles. The molecule has 3 amide bonds. The van der Waals surface area contributed by atoms with E-state index in [-0.39, 0.29) is 48.6 Å². The molecule has 0 spiro atoms. The lowest BCUT2D eigenvalue weighted by molar-refractivity contribution is -0.142. The van der Waals surface area contributed by atoms with Gasteiger partial charge >= 0.3 is 5.97 Å². The fourth-order valence-electron chi connectivity index (χ4n) is 5.22. The number of hydrogen-bond donors (Lipinski definition) is 3. The van der Waals surface area contributed by atoms with Gasteiger partial charge in [-0.2, -0.15) is 0 Å². The number of ether oxygens (including phenoxy) is 1. The molecule has 0 aromatic heterocycles. The van der Waals surface area contributed by atoms with Crippen LogP contribution in [0.2, 0.25) is 0 Å². The third-order valence-corrected chi connectivity index (χ3v) is 7.19. The Morgan fingerprint density at radius 1 is 0.900 bits per heavy atom. The first kappa shape index (κ1) is 35.1. The fourth-order valence-corrected chi connectivity index (χ4v) is 5.22. The molecule has 1 aliphatic carbocycles. The smallest absolute Gasteiger partial charge is 0.306 e. The van der Waals surface area contributed by atoms with E-state index in [0.717, 1.165) is 43.6 Å². The van der Waals surface area contributed by atoms with Crippen LogP contribution in [0, 0.1) is 11.8 Å². The molecule has 0 aliphatic heterocycles. The Balaban J connectivity index is 0.00000187. The number of primary amides is 1. The Labute approximate surface area is 241 Å². The number of nitrogens with one attached hydrogen (secondary N) is 2. The molecule has 0 heterocycles. The summed E-state index contributed by atoms with van der Waals surface area (Å²) in [5.74, 6) is 0.433. The lowest BCUT2D eigenvalue weighted by Crippen LogP contribution is -2.40. The van der Waals surface area contributed by atoms with Crippen LogP contribution in [0.1, 0.15) is 110 Å². The van der Waals surface area contributed by atoms with E-state index < -0.39 is 0 Å². The van der Waals surface area contributed by atoms with Crippen LogP contribution >= 0.6 is 0 Å². The number of nitrogens with two attached hydrogens (primary N) is 1. The molecule has 4 N–H and O–H groups in total. The van der Waals surface area contributed by atoms with Gasteiger partial charge in [0.15, 0.2) is 0 Å². The minimum Gasteiger partial charge on any atom is -0.469 e. The highest BCUT2D eigenvalue weighted by atomic mass is 16.5. The van der Waals surface area contributed by atoms with Gasteiger partial charge in [-0.25, -0.2) is 0 Å². The molecule has 226 valence electrons. The van der Waals surface area contributed by atoms with Crippen LogP contribution in [0.4, 0.5) is 0 Å². The molecule has 2 atom stereocenters. The van der Waals surface area contributed by atoms with Crippen molar-refractivity contribution in [1.29, 1.82) is 0 Å². The molecule has 2 unspecified atom stereocenters. The zero-order chi connectivity index (χ0) is 29.8. The van der Waals surface area contributed by atoms with E-state index in [1.165, 1.54) is 52.6 Å². The number of amides is 3. The Morgan fingerprint density at radius 3 is 2.10 bits per heavy atom. The zero-order valence-corrected chi connectivity index (χ0v) is 25.2. The topological polar surface area (TPSA) is 128 Å². The van der Waals surface area contributed by atoms with Crippen LogP contribution in [-0.4, -0.2) is 42.9 Å². The van der Waals surface area contributed by atoms with Gasteiger partial charge in [0.25, 0.3) is 0 Å². The van der Waals surface area contributed by atoms with Crippen molar-refractivity contribution < 1.29 is 23.9 Å². The quantitative estimate of drug-likeness (QED) is 0.239. The summed E-state index contributed by atoms with van der Waals surface area (Å²) in [5, 5.41) is 6.43. The second kappa shape index (κ2) is 20.9. The summed E-state index contributed by atoms with van der Waals surface area (Å²) < 4.78 is 4.67. The predicted octanol–water partition coefficient (Wildman–Crippen LogP) is 5.22. The van der Waals surface area contributed by atoms with Crippen molar-refractivity contribution in [3.8, 4) is 0 Å². The summed E-state index contributed by atoms with van der Waals surface area (Å²) in [6.07, 6.45) is 13.2. The van der Waals surface area contributed by atoms with E-state index in [0.29, 0.717) is 12.3 Å². The van der Waals surface area contributed by atoms with E-state index in [1.807, 2.05) is 18.2 Å². The van der Waals surface area contributed by atoms with Gasteiger partial charge in [-0.15, -0.1) is 0 Å². The minimum atomic E-state index is -0.379. The van der Waals surface area contributed by atoms with Crippen molar-refractivity contribution in [3.05, 3.63) is 35.9 Å². The van der Waals surface area contributed by atoms with Crippen LogP contribution in [0.5, 0.6) is 0 Å². The maximum Gasteiger partial charge on any atom is 0.306 e. The van der Waals surface area contributed by atoms with Gasteiger partial charge in [0, 0.05) is 31.8 Å². The van der Waals surface area contributed by atoms with Gasteiger partial charge < -0.3 is 21.1 Å². The highest BCUT2D eigenvalue weighted by Crippen LogP contribution is 2.28. The molecule has 0 bridgehead atoms. The largest absolute Gasteiger partial charge is 0.469 e. The monoisotopic (exact) mass is 559 g/mol. The van der Waals surface area contributed by atoms with Crippen LogP contribution in [0.3, 0.4) is 0 Å². The summed E-state index contributed by atoms with van der Waals surface area (Å²) >= 11 is 0. The summed E-state index contributed by atoms with van der Waals surface area (Å²) in [5.41, 5.74) is 5.63. The molecular formula is C32H53N3O5. The molecule has 8 heteroatoms. The van der Waals surface area contributed by atoms with Gasteiger partial charge in [-0.1, -0.05) is 89.1 Å². The molecule has 1 aliphatic rings. The van der Waals surface area contributed by atoms with Crippen molar-refractivity contribution in [1.82, 2.24) is 10.6 Å². The number of rotatable bonds is 16. The van der Waals surface area contributed by atoms with E-state index in [4.69, 9.17) is 0 Å². The van der Waals surface area contributed by atoms with Crippen molar-refractivity contribution in [2.75, 3.05) is 7.11 Å². The summed E-state index contributed by atoms with van der Waals surface area (Å²) in [7, 11) is 1.33. The average Bonchev–Trinajstić information content (AvgIpc) is 2.90. The second-order valence-corrected chi connectivity index (χ2v) is 11.5. The number of hydrogen-bond acceptors (Lipinski definition) is 5. The molecule has 1 aromatic carbocycles. The fraction of sp³-hybridized carbons (Fsp3) is 0.688. The van der Waals surface area contributed by atoms with Crippen LogP contribution in [0.15, 0.2) is 30.3 Å². The van der Waals surface area contributed by atoms with Crippen LogP contribution in [0.25, 0.3) is 0 Å². The minimum absolute atomic E-state index is 0.0552. The van der Waals surface area contributed by atoms with Crippen LogP contribution in [-0.2, 0) is 30.3 Å². The second-order valence-electron chi connectivity index (χ2n) is 11.5. The van der Waals surface area contributed by atoms with Gasteiger partial charge in [0.05, 0.1) is 13.5 Å². The van der Waals surface area contributed by atoms with E-state index in [1.54, 1.807) is 0 Å². The van der Waals surface area contributed by atoms with Gasteiger partial charge in [-0.3, -0.25) is 19.2 Å². The molecule has 8 nitrogen and oxygen atoms in total. The molecule has 1 fully saturated rings. The summed E-state index contributed by atoms with van der Waals surface area (Å²) in [4.78, 5) is 45.8. The summed E-state index contributed by atoms with van der Waals surface area (Å²) in [6, 6.07) is 10.2. The standard InChI is InChI=1S/C30H48N2O4.C2H5NO/c1-23(2)21-29(34)31-26(16-10-15-24-11-6-4-7-12-24)17-18-27(22-25-13-8-5-9-14-25)32-28(33)19-20-30(35)36-3;1-2(3)4/h5,8-9,13-14,23-24,26-27H,4,6-7,10-12,15-22H2,1-3H3,(H,31,34)(H,32,33);1H3,(H2,3,4). The predicted molar refractivity (Wildman–Crippen MR) is 159 cm³/mol. The highest BCUT2D eigenvalue weighted by Gasteiger charge is 2.20. The van der Waals surface area contributed by atoms with Crippen molar-refractivity contribution >= 4 is 23.7 Å². The number of carbonyl (C=O) groups excluding carboxylic acids is 4. The molecule has 0 radical (unpaired) electrons. The number of carbonyl (C=O) groups is 4. The van der Waals surface area contributed by atoms with E-state index >= 15 is 0 Å². The van der Waals surface area contributed by atoms with E-state index in [9.17, 15) is 19.2 Å². The first-order valence-electron chi connectivity index (χ1n) is 15.0. The average molecular weight is 560 g/mol. The first-order chi connectivity index (χ1) is 19.1. The van der Waals surface area contributed by atoms with Gasteiger partial charge in [0.2, 0.25) is 17.7 Å². The normalized spacial score (nSPS) is 14.8. The Bertz CT molecular complexity index is 865. The molecule has 40 heavy (non-hydrogen) atoms. The van der Waals surface area contributed by atoms with Gasteiger partial charge in [-0.05, 0) is 43.1 Å². The first-order valence-corrected chi connectivity index (χ1v) is 15.0. The van der Waals surface area contributed by atoms with Crippen molar-refractivity contribution in [2.24, 2.45) is 17.6 Å². The van der Waals surface area contributed by atoms with Crippen molar-refractivity contribution in [3.63, 3.8) is 0 Å². The Morgan fingerprint density at radius 2 is 1.50 bits per heavy atom. The lowest BCUT2D eigenvalue weighted by atomic mass is 9.85. The third kappa shape index (κ3) is 18.4. The summed E-state index contributed by atoms with van der Waals surface area (Å²) in [6.45, 7) is 5.44. The number of esters is 1. The van der Waals surface area contributed by atoms with Gasteiger partial charge in [0.1, 0.15) is 0 Å². The number of benzene rings is 1. The van der Waals surface area contributed by atoms with Crippen molar-refractivity contribution in [2.45, 2.75) is 123 Å². The van der Waals surface area contributed by atoms with Crippen LogP contribution < -0.4 is 16.4 Å². The molecular weight excluding hydrogens is 506 g/mol. The van der Waals surface area contributed by atoms with E-state index in [2.05, 4.69) is 47.1 Å². The zero-order valence-electron chi connectivity index (χ0n) is 25.2. The Kier molecular flexibility index (Phi) is 18.4.